The highest BCUT2D eigenvalue weighted by molar-refractivity contribution is 6.13. The van der Waals surface area contributed by atoms with Crippen LogP contribution in [-0.4, -0.2) is 19.5 Å². The third kappa shape index (κ3) is 6.26. The van der Waals surface area contributed by atoms with E-state index in [2.05, 4.69) is 219 Å². The predicted octanol–water partition coefficient (Wildman–Crippen LogP) is 15.3. The summed E-state index contributed by atoms with van der Waals surface area (Å²) in [6, 6.07) is 77.8. The number of para-hydroxylation sites is 1. The van der Waals surface area contributed by atoms with Crippen LogP contribution in [0.1, 0.15) is 25.0 Å². The second kappa shape index (κ2) is 15.0. The minimum Gasteiger partial charge on any atom is -0.277 e. The second-order valence-electron chi connectivity index (χ2n) is 17.2. The van der Waals surface area contributed by atoms with Crippen molar-refractivity contribution in [1.29, 1.82) is 0 Å². The van der Waals surface area contributed by atoms with Crippen LogP contribution in [0.2, 0.25) is 0 Å². The minimum atomic E-state index is -0.239. The number of fused-ring (bicyclic) bond motifs is 7. The van der Waals surface area contributed by atoms with Gasteiger partial charge >= 0.3 is 0 Å². The highest BCUT2D eigenvalue weighted by Gasteiger charge is 2.38. The normalized spacial score (nSPS) is 12.7. The maximum Gasteiger partial charge on any atom is 0.238 e. The Kier molecular flexibility index (Phi) is 8.80. The molecule has 0 fully saturated rings. The number of aromatic nitrogens is 4. The fourth-order valence-electron chi connectivity index (χ4n) is 9.89. The van der Waals surface area contributed by atoms with E-state index < -0.39 is 0 Å². The van der Waals surface area contributed by atoms with Crippen molar-refractivity contribution in [3.8, 4) is 84.4 Å². The highest BCUT2D eigenvalue weighted by atomic mass is 15.2. The van der Waals surface area contributed by atoms with E-state index in [1.165, 1.54) is 66.4 Å². The number of benzene rings is 9. The molecule has 11 aromatic rings. The predicted molar refractivity (Wildman–Crippen MR) is 264 cm³/mol. The molecule has 0 atom stereocenters. The molecular weight excluding hydrogens is 777 g/mol. The molecule has 0 amide bonds. The molecule has 2 aromatic heterocycles. The van der Waals surface area contributed by atoms with Gasteiger partial charge in [0.05, 0.1) is 11.0 Å². The average molecular weight is 819 g/mol. The molecule has 64 heavy (non-hydrogen) atoms. The summed E-state index contributed by atoms with van der Waals surface area (Å²) in [6.07, 6.45) is 0. The first kappa shape index (κ1) is 37.5. The van der Waals surface area contributed by atoms with Gasteiger partial charge < -0.3 is 0 Å². The van der Waals surface area contributed by atoms with E-state index in [0.29, 0.717) is 17.6 Å². The molecule has 0 N–H and O–H groups in total. The van der Waals surface area contributed by atoms with E-state index in [-0.39, 0.29) is 5.41 Å². The van der Waals surface area contributed by atoms with Gasteiger partial charge in [0.1, 0.15) is 0 Å². The van der Waals surface area contributed by atoms with E-state index in [9.17, 15) is 0 Å². The van der Waals surface area contributed by atoms with E-state index >= 15 is 0 Å². The van der Waals surface area contributed by atoms with Gasteiger partial charge in [-0.3, -0.25) is 4.57 Å². The van der Waals surface area contributed by atoms with Gasteiger partial charge in [-0.25, -0.2) is 4.98 Å². The van der Waals surface area contributed by atoms with E-state index in [1.807, 2.05) is 18.2 Å². The highest BCUT2D eigenvalue weighted by Crippen LogP contribution is 2.53. The summed E-state index contributed by atoms with van der Waals surface area (Å²) in [4.78, 5) is 15.9. The summed E-state index contributed by atoms with van der Waals surface area (Å²) in [5, 5.41) is 2.36. The lowest BCUT2D eigenvalue weighted by Gasteiger charge is -2.23. The summed E-state index contributed by atoms with van der Waals surface area (Å²) in [5.74, 6) is 1.85. The lowest BCUT2D eigenvalue weighted by molar-refractivity contribution is 0.663. The van der Waals surface area contributed by atoms with E-state index in [4.69, 9.17) is 15.0 Å². The van der Waals surface area contributed by atoms with Gasteiger partial charge in [-0.05, 0) is 85.0 Å². The molecule has 1 aliphatic rings. The number of hydrogen-bond acceptors (Lipinski definition) is 3. The van der Waals surface area contributed by atoms with Crippen LogP contribution in [0.25, 0.3) is 106 Å². The van der Waals surface area contributed by atoms with Crippen molar-refractivity contribution in [1.82, 2.24) is 19.5 Å². The first-order valence-corrected chi connectivity index (χ1v) is 21.9. The van der Waals surface area contributed by atoms with Gasteiger partial charge in [-0.15, -0.1) is 0 Å². The molecule has 1 aliphatic carbocycles. The van der Waals surface area contributed by atoms with Gasteiger partial charge in [-0.1, -0.05) is 214 Å². The van der Waals surface area contributed by atoms with Gasteiger partial charge in [0.15, 0.2) is 11.6 Å². The summed E-state index contributed by atoms with van der Waals surface area (Å²) in [5.41, 5.74) is 18.4. The van der Waals surface area contributed by atoms with Crippen LogP contribution in [-0.2, 0) is 5.41 Å². The topological polar surface area (TPSA) is 43.6 Å². The Morgan fingerprint density at radius 2 is 0.812 bits per heavy atom. The van der Waals surface area contributed by atoms with Crippen molar-refractivity contribution in [3.63, 3.8) is 0 Å². The maximum atomic E-state index is 5.38. The molecule has 302 valence electrons. The molecular formula is C60H42N4. The minimum absolute atomic E-state index is 0.239. The van der Waals surface area contributed by atoms with Crippen LogP contribution >= 0.6 is 0 Å². The zero-order chi connectivity index (χ0) is 42.8. The summed E-state index contributed by atoms with van der Waals surface area (Å²) < 4.78 is 2.28. The summed E-state index contributed by atoms with van der Waals surface area (Å²) >= 11 is 0. The molecule has 12 rings (SSSR count). The quantitative estimate of drug-likeness (QED) is 0.161. The summed E-state index contributed by atoms with van der Waals surface area (Å²) in [6.45, 7) is 4.68. The fraction of sp³-hybridized carbons (Fsp3) is 0.0500. The van der Waals surface area contributed by atoms with Gasteiger partial charge in [-0.2, -0.15) is 9.97 Å². The van der Waals surface area contributed by atoms with Gasteiger partial charge in [0.2, 0.25) is 5.95 Å². The lowest BCUT2D eigenvalue weighted by Crippen LogP contribution is -2.17. The molecule has 0 saturated carbocycles. The van der Waals surface area contributed by atoms with Crippen molar-refractivity contribution in [2.75, 3.05) is 0 Å². The number of nitrogens with zero attached hydrogens (tertiary/aromatic N) is 4. The molecule has 4 heteroatoms. The van der Waals surface area contributed by atoms with Crippen molar-refractivity contribution in [2.24, 2.45) is 0 Å². The van der Waals surface area contributed by atoms with Crippen LogP contribution in [0.3, 0.4) is 0 Å². The molecule has 0 radical (unpaired) electrons. The van der Waals surface area contributed by atoms with Crippen LogP contribution in [0.5, 0.6) is 0 Å². The zero-order valence-corrected chi connectivity index (χ0v) is 35.6. The molecule has 0 spiro atoms. The molecule has 0 aliphatic heterocycles. The number of hydrogen-bond donors (Lipinski definition) is 0. The van der Waals surface area contributed by atoms with Crippen molar-refractivity contribution in [2.45, 2.75) is 19.3 Å². The first-order chi connectivity index (χ1) is 31.5. The third-order valence-electron chi connectivity index (χ3n) is 13.1. The molecule has 0 saturated heterocycles. The van der Waals surface area contributed by atoms with Crippen molar-refractivity contribution in [3.05, 3.63) is 230 Å². The van der Waals surface area contributed by atoms with E-state index in [0.717, 1.165) is 33.3 Å². The van der Waals surface area contributed by atoms with Gasteiger partial charge in [0, 0.05) is 27.3 Å². The van der Waals surface area contributed by atoms with E-state index in [1.54, 1.807) is 0 Å². The molecule has 9 aromatic carbocycles. The Balaban J connectivity index is 0.937. The second-order valence-corrected chi connectivity index (χ2v) is 17.2. The largest absolute Gasteiger partial charge is 0.277 e. The average Bonchev–Trinajstić information content (AvgIpc) is 3.82. The maximum absolute atomic E-state index is 5.38. The molecule has 4 nitrogen and oxygen atoms in total. The van der Waals surface area contributed by atoms with Crippen LogP contribution in [0.4, 0.5) is 0 Å². The smallest absolute Gasteiger partial charge is 0.238 e. The monoisotopic (exact) mass is 818 g/mol. The van der Waals surface area contributed by atoms with Crippen LogP contribution in [0, 0.1) is 0 Å². The Bertz CT molecular complexity index is 3550. The van der Waals surface area contributed by atoms with Crippen molar-refractivity contribution < 1.29 is 0 Å². The third-order valence-corrected chi connectivity index (χ3v) is 13.1. The van der Waals surface area contributed by atoms with Crippen LogP contribution in [0.15, 0.2) is 218 Å². The van der Waals surface area contributed by atoms with Crippen LogP contribution < -0.4 is 0 Å². The number of rotatable bonds is 7. The van der Waals surface area contributed by atoms with Gasteiger partial charge in [0.25, 0.3) is 0 Å². The Morgan fingerprint density at radius 1 is 0.344 bits per heavy atom. The lowest BCUT2D eigenvalue weighted by atomic mass is 9.81. The molecule has 2 heterocycles. The zero-order valence-electron chi connectivity index (χ0n) is 35.6. The molecule has 0 unspecified atom stereocenters. The molecule has 0 bridgehead atoms. The Hall–Kier alpha value is -8.21. The van der Waals surface area contributed by atoms with Crippen molar-refractivity contribution >= 4 is 21.8 Å². The Morgan fingerprint density at radius 3 is 1.45 bits per heavy atom. The Labute approximate surface area is 372 Å². The fourth-order valence-corrected chi connectivity index (χ4v) is 9.89. The first-order valence-electron chi connectivity index (χ1n) is 21.9. The standard InChI is InChI=1S/C60H42N4/c1-60(2)53-25-11-9-23-49(53)51-35-36-52-50-24-10-12-26-54(50)64(56(52)55(51)60)59-62-57(44-17-7-4-8-18-44)61-58(63-59)48-22-14-21-47(38-48)43-33-31-42(32-34-43)46-20-13-19-45(37-46)41-29-27-40(28-30-41)39-15-5-3-6-16-39/h3-38H,1-2H3. The SMILES string of the molecule is CC1(C)c2ccccc2-c2ccc3c4ccccc4n(-c4nc(-c5ccccc5)nc(-c5cccc(-c6ccc(-c7cccc(-c8ccc(-c9ccccc9)cc8)c7)cc6)c5)n4)c3c21. The summed E-state index contributed by atoms with van der Waals surface area (Å²) in [7, 11) is 0.